The summed E-state index contributed by atoms with van der Waals surface area (Å²) in [4.78, 5) is 40.5. The van der Waals surface area contributed by atoms with Gasteiger partial charge in [-0.2, -0.15) is 0 Å². The van der Waals surface area contributed by atoms with Crippen LogP contribution in [0.4, 0.5) is 10.5 Å². The van der Waals surface area contributed by atoms with E-state index < -0.39 is 15.4 Å². The standard InChI is InChI=1S/C20H24N4O5S/c1-3-15-5-4-6-16(13-15)22-19(27)23-10-7-20(8-11-23)14-17(25)24(18(20)26)12-9-21-30(2,28)29/h1,4-6,13,21H,7-12,14H2,2H3,(H,22,27). The number of nitrogens with one attached hydrogen (secondary N) is 2. The summed E-state index contributed by atoms with van der Waals surface area (Å²) in [5.74, 6) is 1.92. The third kappa shape index (κ3) is 4.80. The highest BCUT2D eigenvalue weighted by Crippen LogP contribution is 2.42. The molecule has 160 valence electrons. The number of piperidine rings is 1. The maximum absolute atomic E-state index is 12.9. The first-order chi connectivity index (χ1) is 14.1. The van der Waals surface area contributed by atoms with E-state index in [0.717, 1.165) is 11.2 Å². The molecule has 4 amide bonds. The normalized spacial score (nSPS) is 18.5. The van der Waals surface area contributed by atoms with E-state index >= 15 is 0 Å². The first-order valence-corrected chi connectivity index (χ1v) is 11.4. The van der Waals surface area contributed by atoms with Crippen LogP contribution in [0.25, 0.3) is 0 Å². The van der Waals surface area contributed by atoms with Crippen molar-refractivity contribution in [1.29, 1.82) is 0 Å². The Hall–Kier alpha value is -2.90. The number of carbonyl (C=O) groups is 3. The molecule has 0 aromatic heterocycles. The Balaban J connectivity index is 1.57. The van der Waals surface area contributed by atoms with Gasteiger partial charge in [0, 0.05) is 43.9 Å². The van der Waals surface area contributed by atoms with Crippen LogP contribution in [0.5, 0.6) is 0 Å². The monoisotopic (exact) mass is 432 g/mol. The van der Waals surface area contributed by atoms with Crippen molar-refractivity contribution >= 4 is 33.6 Å². The van der Waals surface area contributed by atoms with Crippen LogP contribution in [-0.4, -0.2) is 68.5 Å². The van der Waals surface area contributed by atoms with E-state index in [1.807, 2.05) is 0 Å². The summed E-state index contributed by atoms with van der Waals surface area (Å²) >= 11 is 0. The Kier molecular flexibility index (Phi) is 6.14. The number of amides is 4. The quantitative estimate of drug-likeness (QED) is 0.522. The topological polar surface area (TPSA) is 116 Å². The molecule has 30 heavy (non-hydrogen) atoms. The third-order valence-corrected chi connectivity index (χ3v) is 6.21. The SMILES string of the molecule is C#Cc1cccc(NC(=O)N2CCC3(CC2)CC(=O)N(CCNS(C)(=O)=O)C3=O)c1. The second-order valence-electron chi connectivity index (χ2n) is 7.62. The van der Waals surface area contributed by atoms with Gasteiger partial charge in [0.25, 0.3) is 0 Å². The number of likely N-dealkylation sites (tertiary alicyclic amines) is 2. The molecule has 1 aromatic carbocycles. The van der Waals surface area contributed by atoms with E-state index in [9.17, 15) is 22.8 Å². The summed E-state index contributed by atoms with van der Waals surface area (Å²) in [6.45, 7) is 0.671. The summed E-state index contributed by atoms with van der Waals surface area (Å²) < 4.78 is 24.6. The van der Waals surface area contributed by atoms with Crippen molar-refractivity contribution in [2.24, 2.45) is 5.41 Å². The third-order valence-electron chi connectivity index (χ3n) is 5.48. The molecule has 0 radical (unpaired) electrons. The van der Waals surface area contributed by atoms with Gasteiger partial charge in [0.2, 0.25) is 21.8 Å². The van der Waals surface area contributed by atoms with E-state index in [-0.39, 0.29) is 37.4 Å². The van der Waals surface area contributed by atoms with Crippen molar-refractivity contribution in [3.05, 3.63) is 29.8 Å². The molecule has 2 aliphatic heterocycles. The highest BCUT2D eigenvalue weighted by atomic mass is 32.2. The van der Waals surface area contributed by atoms with Crippen LogP contribution in [0.2, 0.25) is 0 Å². The van der Waals surface area contributed by atoms with E-state index in [4.69, 9.17) is 6.42 Å². The average Bonchev–Trinajstić information content (AvgIpc) is 2.91. The molecule has 2 saturated heterocycles. The number of sulfonamides is 1. The summed E-state index contributed by atoms with van der Waals surface area (Å²) in [6.07, 6.45) is 7.24. The van der Waals surface area contributed by atoms with E-state index in [0.29, 0.717) is 37.2 Å². The molecule has 3 rings (SSSR count). The molecule has 2 heterocycles. The van der Waals surface area contributed by atoms with Crippen LogP contribution in [0.15, 0.2) is 24.3 Å². The zero-order valence-electron chi connectivity index (χ0n) is 16.7. The van der Waals surface area contributed by atoms with Gasteiger partial charge in [-0.25, -0.2) is 17.9 Å². The van der Waals surface area contributed by atoms with Gasteiger partial charge < -0.3 is 10.2 Å². The molecular weight excluding hydrogens is 408 g/mol. The second-order valence-corrected chi connectivity index (χ2v) is 9.45. The molecular formula is C20H24N4O5S. The van der Waals surface area contributed by atoms with Gasteiger partial charge in [-0.1, -0.05) is 12.0 Å². The number of anilines is 1. The van der Waals surface area contributed by atoms with E-state index in [2.05, 4.69) is 16.0 Å². The molecule has 1 spiro atoms. The highest BCUT2D eigenvalue weighted by Gasteiger charge is 2.52. The lowest BCUT2D eigenvalue weighted by atomic mass is 9.77. The van der Waals surface area contributed by atoms with Crippen molar-refractivity contribution in [2.75, 3.05) is 37.8 Å². The molecule has 0 unspecified atom stereocenters. The van der Waals surface area contributed by atoms with Gasteiger partial charge in [0.05, 0.1) is 11.7 Å². The van der Waals surface area contributed by atoms with Crippen LogP contribution in [0.3, 0.4) is 0 Å². The van der Waals surface area contributed by atoms with Crippen molar-refractivity contribution in [3.63, 3.8) is 0 Å². The van der Waals surface area contributed by atoms with Gasteiger partial charge in [-0.15, -0.1) is 6.42 Å². The first-order valence-electron chi connectivity index (χ1n) is 9.56. The Bertz CT molecular complexity index is 1010. The zero-order valence-corrected chi connectivity index (χ0v) is 17.5. The van der Waals surface area contributed by atoms with Crippen molar-refractivity contribution < 1.29 is 22.8 Å². The minimum absolute atomic E-state index is 0.00219. The molecule has 1 aromatic rings. The number of carbonyl (C=O) groups excluding carboxylic acids is 3. The number of rotatable bonds is 5. The molecule has 9 nitrogen and oxygen atoms in total. The number of nitrogens with zero attached hydrogens (tertiary/aromatic N) is 2. The van der Waals surface area contributed by atoms with Gasteiger partial charge in [-0.3, -0.25) is 14.5 Å². The number of hydrogen-bond donors (Lipinski definition) is 2. The molecule has 0 bridgehead atoms. The highest BCUT2D eigenvalue weighted by molar-refractivity contribution is 7.88. The van der Waals surface area contributed by atoms with Crippen LogP contribution < -0.4 is 10.0 Å². The number of hydrogen-bond acceptors (Lipinski definition) is 5. The molecule has 2 fully saturated rings. The van der Waals surface area contributed by atoms with Crippen LogP contribution in [0, 0.1) is 17.8 Å². The van der Waals surface area contributed by atoms with Crippen molar-refractivity contribution in [2.45, 2.75) is 19.3 Å². The van der Waals surface area contributed by atoms with Crippen molar-refractivity contribution in [3.8, 4) is 12.3 Å². The fraction of sp³-hybridized carbons (Fsp3) is 0.450. The predicted molar refractivity (Wildman–Crippen MR) is 111 cm³/mol. The van der Waals surface area contributed by atoms with E-state index in [1.54, 1.807) is 29.2 Å². The second kappa shape index (κ2) is 8.45. The summed E-state index contributed by atoms with van der Waals surface area (Å²) in [5.41, 5.74) is 0.431. The van der Waals surface area contributed by atoms with Crippen LogP contribution >= 0.6 is 0 Å². The van der Waals surface area contributed by atoms with Gasteiger partial charge in [0.15, 0.2) is 0 Å². The largest absolute Gasteiger partial charge is 0.324 e. The van der Waals surface area contributed by atoms with Crippen LogP contribution in [0.1, 0.15) is 24.8 Å². The van der Waals surface area contributed by atoms with Crippen LogP contribution in [-0.2, 0) is 19.6 Å². The minimum atomic E-state index is -3.39. The molecule has 2 N–H and O–H groups in total. The average molecular weight is 433 g/mol. The summed E-state index contributed by atoms with van der Waals surface area (Å²) in [7, 11) is -3.39. The minimum Gasteiger partial charge on any atom is -0.324 e. The number of imide groups is 1. The zero-order chi connectivity index (χ0) is 21.9. The Morgan fingerprint density at radius 2 is 1.97 bits per heavy atom. The predicted octanol–water partition coefficient (Wildman–Crippen LogP) is 0.590. The maximum atomic E-state index is 12.9. The Labute approximate surface area is 175 Å². The fourth-order valence-electron chi connectivity index (χ4n) is 3.85. The molecule has 0 saturated carbocycles. The number of terminal acetylenes is 1. The van der Waals surface area contributed by atoms with Gasteiger partial charge >= 0.3 is 6.03 Å². The van der Waals surface area contributed by atoms with E-state index in [1.165, 1.54) is 0 Å². The van der Waals surface area contributed by atoms with Gasteiger partial charge in [-0.05, 0) is 31.0 Å². The smallest absolute Gasteiger partial charge is 0.321 e. The lowest BCUT2D eigenvalue weighted by Crippen LogP contribution is -2.48. The summed E-state index contributed by atoms with van der Waals surface area (Å²) in [6, 6.07) is 6.67. The molecule has 2 aliphatic rings. The van der Waals surface area contributed by atoms with Crippen molar-refractivity contribution in [1.82, 2.24) is 14.5 Å². The van der Waals surface area contributed by atoms with Gasteiger partial charge in [0.1, 0.15) is 0 Å². The molecule has 0 atom stereocenters. The Morgan fingerprint density at radius 1 is 1.27 bits per heavy atom. The molecule has 10 heteroatoms. The summed E-state index contributed by atoms with van der Waals surface area (Å²) in [5, 5.41) is 2.80. The Morgan fingerprint density at radius 3 is 2.60 bits per heavy atom. The lowest BCUT2D eigenvalue weighted by molar-refractivity contribution is -0.142. The number of benzene rings is 1. The molecule has 0 aliphatic carbocycles. The lowest BCUT2D eigenvalue weighted by Gasteiger charge is -2.37. The number of urea groups is 1. The first kappa shape index (κ1) is 21.8. The fourth-order valence-corrected chi connectivity index (χ4v) is 4.31. The maximum Gasteiger partial charge on any atom is 0.321 e.